The van der Waals surface area contributed by atoms with Gasteiger partial charge in [0.15, 0.2) is 0 Å². The van der Waals surface area contributed by atoms with Crippen LogP contribution in [0.3, 0.4) is 0 Å². The molecule has 20 heavy (non-hydrogen) atoms. The minimum atomic E-state index is -4.54. The molecule has 108 valence electrons. The van der Waals surface area contributed by atoms with Crippen LogP contribution >= 0.6 is 22.9 Å². The molecule has 2 N–H and O–H groups in total. The summed E-state index contributed by atoms with van der Waals surface area (Å²) in [5.74, 6) is -0.771. The lowest BCUT2D eigenvalue weighted by molar-refractivity contribution is -0.137. The number of benzene rings is 1. The Morgan fingerprint density at radius 3 is 2.40 bits per heavy atom. The molecule has 1 atom stereocenters. The van der Waals surface area contributed by atoms with Gasteiger partial charge in [-0.1, -0.05) is 11.6 Å². The van der Waals surface area contributed by atoms with Crippen molar-refractivity contribution in [2.24, 2.45) is 5.73 Å². The van der Waals surface area contributed by atoms with Gasteiger partial charge in [-0.05, 0) is 36.8 Å². The van der Waals surface area contributed by atoms with E-state index in [2.05, 4.69) is 0 Å². The average Bonchev–Trinajstić information content (AvgIpc) is 2.68. The van der Waals surface area contributed by atoms with Gasteiger partial charge in [0.25, 0.3) is 0 Å². The SMILES string of the molecule is Cc1cc(C(N)c2cc(C(F)(F)F)ccc2F)sc1Cl. The second-order valence-electron chi connectivity index (χ2n) is 4.32. The lowest BCUT2D eigenvalue weighted by atomic mass is 10.0. The molecule has 1 heterocycles. The van der Waals surface area contributed by atoms with Gasteiger partial charge in [-0.2, -0.15) is 13.2 Å². The van der Waals surface area contributed by atoms with Crippen molar-refractivity contribution in [3.63, 3.8) is 0 Å². The van der Waals surface area contributed by atoms with E-state index < -0.39 is 23.6 Å². The number of alkyl halides is 3. The molecule has 0 radical (unpaired) electrons. The molecular weight excluding hydrogens is 314 g/mol. The highest BCUT2D eigenvalue weighted by Gasteiger charge is 2.32. The first-order valence-electron chi connectivity index (χ1n) is 5.58. The maximum Gasteiger partial charge on any atom is 0.416 e. The van der Waals surface area contributed by atoms with E-state index in [9.17, 15) is 17.6 Å². The Morgan fingerprint density at radius 1 is 1.25 bits per heavy atom. The molecule has 1 aromatic carbocycles. The summed E-state index contributed by atoms with van der Waals surface area (Å²) in [6, 6.07) is 2.88. The second-order valence-corrected chi connectivity index (χ2v) is 6.00. The Bertz CT molecular complexity index is 616. The Morgan fingerprint density at radius 2 is 1.90 bits per heavy atom. The van der Waals surface area contributed by atoms with Crippen LogP contribution in [0.15, 0.2) is 24.3 Å². The lowest BCUT2D eigenvalue weighted by Gasteiger charge is -2.14. The predicted molar refractivity (Wildman–Crippen MR) is 71.5 cm³/mol. The Labute approximate surface area is 122 Å². The van der Waals surface area contributed by atoms with Crippen molar-refractivity contribution in [1.29, 1.82) is 0 Å². The standard InChI is InChI=1S/C13H10ClF4NS/c1-6-4-10(20-12(6)14)11(19)8-5-7(13(16,17)18)2-3-9(8)15/h2-5,11H,19H2,1H3. The molecule has 0 aliphatic carbocycles. The smallest absolute Gasteiger partial charge is 0.320 e. The predicted octanol–water partition coefficient (Wildman–Crippen LogP) is 4.92. The Hall–Kier alpha value is -1.11. The maximum atomic E-state index is 13.7. The van der Waals surface area contributed by atoms with Crippen LogP contribution in [0.1, 0.15) is 27.6 Å². The molecule has 0 aliphatic heterocycles. The molecule has 0 fully saturated rings. The average molecular weight is 324 g/mol. The van der Waals surface area contributed by atoms with Crippen LogP contribution in [-0.2, 0) is 6.18 Å². The van der Waals surface area contributed by atoms with Gasteiger partial charge in [-0.25, -0.2) is 4.39 Å². The summed E-state index contributed by atoms with van der Waals surface area (Å²) in [6.07, 6.45) is -4.54. The Kier molecular flexibility index (Phi) is 4.09. The monoisotopic (exact) mass is 323 g/mol. The van der Waals surface area contributed by atoms with Crippen molar-refractivity contribution in [2.45, 2.75) is 19.1 Å². The summed E-state index contributed by atoms with van der Waals surface area (Å²) in [7, 11) is 0. The van der Waals surface area contributed by atoms with Gasteiger partial charge in [0.05, 0.1) is 15.9 Å². The number of hydrogen-bond acceptors (Lipinski definition) is 2. The molecule has 0 bridgehead atoms. The van der Waals surface area contributed by atoms with Gasteiger partial charge in [-0.15, -0.1) is 11.3 Å². The maximum absolute atomic E-state index is 13.7. The van der Waals surface area contributed by atoms with Crippen molar-refractivity contribution < 1.29 is 17.6 Å². The highest BCUT2D eigenvalue weighted by Crippen LogP contribution is 2.36. The number of rotatable bonds is 2. The molecule has 0 spiro atoms. The molecule has 0 aliphatic rings. The van der Waals surface area contributed by atoms with Crippen LogP contribution in [-0.4, -0.2) is 0 Å². The Balaban J connectivity index is 2.46. The molecule has 0 saturated heterocycles. The van der Waals surface area contributed by atoms with Crippen LogP contribution in [0.4, 0.5) is 17.6 Å². The van der Waals surface area contributed by atoms with E-state index in [0.717, 1.165) is 29.0 Å². The molecule has 7 heteroatoms. The fourth-order valence-electron chi connectivity index (χ4n) is 1.75. The number of thiophene rings is 1. The summed E-state index contributed by atoms with van der Waals surface area (Å²) in [4.78, 5) is 0.519. The zero-order chi connectivity index (χ0) is 15.1. The van der Waals surface area contributed by atoms with Gasteiger partial charge >= 0.3 is 6.18 Å². The van der Waals surface area contributed by atoms with Gasteiger partial charge in [-0.3, -0.25) is 0 Å². The lowest BCUT2D eigenvalue weighted by Crippen LogP contribution is -2.14. The van der Waals surface area contributed by atoms with E-state index >= 15 is 0 Å². The van der Waals surface area contributed by atoms with Gasteiger partial charge < -0.3 is 5.73 Å². The highest BCUT2D eigenvalue weighted by atomic mass is 35.5. The van der Waals surface area contributed by atoms with Crippen molar-refractivity contribution in [3.8, 4) is 0 Å². The van der Waals surface area contributed by atoms with E-state index in [1.807, 2.05) is 0 Å². The third-order valence-electron chi connectivity index (χ3n) is 2.84. The summed E-state index contributed by atoms with van der Waals surface area (Å²) < 4.78 is 52.2. The molecule has 2 rings (SSSR count). The number of hydrogen-bond donors (Lipinski definition) is 1. The topological polar surface area (TPSA) is 26.0 Å². The second kappa shape index (κ2) is 5.35. The summed E-state index contributed by atoms with van der Waals surface area (Å²) in [5, 5.41) is 0. The largest absolute Gasteiger partial charge is 0.416 e. The molecule has 1 nitrogen and oxygen atoms in total. The van der Waals surface area contributed by atoms with Crippen molar-refractivity contribution in [3.05, 3.63) is 56.0 Å². The van der Waals surface area contributed by atoms with E-state index in [1.54, 1.807) is 13.0 Å². The summed E-state index contributed by atoms with van der Waals surface area (Å²) >= 11 is 7.03. The molecule has 0 saturated carbocycles. The summed E-state index contributed by atoms with van der Waals surface area (Å²) in [5.41, 5.74) is 5.49. The van der Waals surface area contributed by atoms with Crippen molar-refractivity contribution in [1.82, 2.24) is 0 Å². The van der Waals surface area contributed by atoms with Gasteiger partial charge in [0, 0.05) is 10.4 Å². The van der Waals surface area contributed by atoms with Gasteiger partial charge in [0.2, 0.25) is 0 Å². The van der Waals surface area contributed by atoms with Gasteiger partial charge in [0.1, 0.15) is 5.82 Å². The first-order valence-corrected chi connectivity index (χ1v) is 6.77. The van der Waals surface area contributed by atoms with Crippen LogP contribution in [0.2, 0.25) is 4.34 Å². The van der Waals surface area contributed by atoms with Crippen LogP contribution in [0.25, 0.3) is 0 Å². The summed E-state index contributed by atoms with van der Waals surface area (Å²) in [6.45, 7) is 1.75. The van der Waals surface area contributed by atoms with Crippen LogP contribution in [0.5, 0.6) is 0 Å². The van der Waals surface area contributed by atoms with E-state index in [-0.39, 0.29) is 5.56 Å². The minimum Gasteiger partial charge on any atom is -0.320 e. The van der Waals surface area contributed by atoms with Crippen molar-refractivity contribution in [2.75, 3.05) is 0 Å². The van der Waals surface area contributed by atoms with Crippen molar-refractivity contribution >= 4 is 22.9 Å². The molecule has 1 aromatic heterocycles. The normalized spacial score (nSPS) is 13.6. The first kappa shape index (κ1) is 15.3. The van der Waals surface area contributed by atoms with E-state index in [1.165, 1.54) is 0 Å². The van der Waals surface area contributed by atoms with E-state index in [0.29, 0.717) is 15.3 Å². The van der Waals surface area contributed by atoms with E-state index in [4.69, 9.17) is 17.3 Å². The number of aryl methyl sites for hydroxylation is 1. The molecule has 2 aromatic rings. The number of halogens is 5. The first-order chi connectivity index (χ1) is 9.20. The number of nitrogens with two attached hydrogens (primary N) is 1. The quantitative estimate of drug-likeness (QED) is 0.780. The van der Waals surface area contributed by atoms with Crippen LogP contribution in [0, 0.1) is 12.7 Å². The molecule has 1 unspecified atom stereocenters. The van der Waals surface area contributed by atoms with Crippen LogP contribution < -0.4 is 5.73 Å². The highest BCUT2D eigenvalue weighted by molar-refractivity contribution is 7.16. The minimum absolute atomic E-state index is 0.197. The zero-order valence-electron chi connectivity index (χ0n) is 10.3. The third kappa shape index (κ3) is 2.97. The molecular formula is C13H10ClF4NS. The molecule has 0 amide bonds. The fraction of sp³-hybridized carbons (Fsp3) is 0.231. The fourth-order valence-corrected chi connectivity index (χ4v) is 2.99. The zero-order valence-corrected chi connectivity index (χ0v) is 11.8. The third-order valence-corrected chi connectivity index (χ3v) is 4.48.